The lowest BCUT2D eigenvalue weighted by Gasteiger charge is -2.30. The molecule has 1 atom stereocenters. The van der Waals surface area contributed by atoms with Crippen LogP contribution >= 0.6 is 23.4 Å². The number of anilines is 3. The third-order valence-electron chi connectivity index (χ3n) is 5.98. The Balaban J connectivity index is 1.57. The molecule has 0 saturated heterocycles. The van der Waals surface area contributed by atoms with E-state index in [0.717, 1.165) is 11.8 Å². The van der Waals surface area contributed by atoms with Gasteiger partial charge in [-0.15, -0.1) is 0 Å². The molecule has 1 heterocycles. The van der Waals surface area contributed by atoms with Gasteiger partial charge in [-0.25, -0.2) is 0 Å². The molecular weight excluding hydrogens is 546 g/mol. The Morgan fingerprint density at radius 3 is 2.12 bits per heavy atom. The number of halogens is 1. The summed E-state index contributed by atoms with van der Waals surface area (Å²) in [6.07, 6.45) is 0. The van der Waals surface area contributed by atoms with E-state index < -0.39 is 5.92 Å². The summed E-state index contributed by atoms with van der Waals surface area (Å²) in [6.45, 7) is 3.18. The molecule has 0 aliphatic carbocycles. The van der Waals surface area contributed by atoms with E-state index in [9.17, 15) is 19.6 Å². The number of para-hydroxylation sites is 1. The minimum Gasteiger partial charge on any atom is -0.353 e. The fourth-order valence-corrected chi connectivity index (χ4v) is 5.38. The molecule has 0 unspecified atom stereocenters. The predicted molar refractivity (Wildman–Crippen MR) is 160 cm³/mol. The van der Waals surface area contributed by atoms with Crippen LogP contribution in [0.4, 0.5) is 17.1 Å². The average molecular weight is 572 g/mol. The van der Waals surface area contributed by atoms with E-state index in [-0.39, 0.29) is 29.0 Å². The molecular formula is C30H26ClN5O3S. The highest BCUT2D eigenvalue weighted by Crippen LogP contribution is 2.43. The largest absolute Gasteiger partial charge is 0.353 e. The second-order valence-electron chi connectivity index (χ2n) is 8.89. The molecule has 0 spiro atoms. The van der Waals surface area contributed by atoms with E-state index in [1.807, 2.05) is 18.2 Å². The summed E-state index contributed by atoms with van der Waals surface area (Å²) in [6, 6.07) is 25.1. The van der Waals surface area contributed by atoms with Gasteiger partial charge in [0.2, 0.25) is 11.8 Å². The van der Waals surface area contributed by atoms with Crippen molar-refractivity contribution >= 4 is 58.1 Å². The van der Waals surface area contributed by atoms with Gasteiger partial charge in [0.1, 0.15) is 0 Å². The number of benzene rings is 3. The number of nitriles is 1. The number of hydrogen-bond donors (Lipinski definition) is 4. The van der Waals surface area contributed by atoms with Crippen LogP contribution in [0.1, 0.15) is 25.3 Å². The van der Waals surface area contributed by atoms with Crippen LogP contribution in [0, 0.1) is 11.3 Å². The first-order chi connectivity index (χ1) is 19.3. The number of carbonyl (C=O) groups is 3. The summed E-state index contributed by atoms with van der Waals surface area (Å²) in [5.41, 5.74) is 3.62. The molecule has 202 valence electrons. The van der Waals surface area contributed by atoms with Gasteiger partial charge < -0.3 is 21.3 Å². The van der Waals surface area contributed by atoms with Crippen molar-refractivity contribution in [3.05, 3.63) is 111 Å². The van der Waals surface area contributed by atoms with Gasteiger partial charge in [-0.05, 0) is 55.0 Å². The molecule has 0 bridgehead atoms. The van der Waals surface area contributed by atoms with Crippen LogP contribution in [0.2, 0.25) is 5.02 Å². The van der Waals surface area contributed by atoms with Gasteiger partial charge >= 0.3 is 0 Å². The minimum absolute atomic E-state index is 0.00896. The van der Waals surface area contributed by atoms with Crippen LogP contribution in [0.25, 0.3) is 0 Å². The Hall–Kier alpha value is -4.52. The zero-order valence-electron chi connectivity index (χ0n) is 21.7. The molecule has 8 nitrogen and oxygen atoms in total. The first kappa shape index (κ1) is 28.5. The average Bonchev–Trinajstić information content (AvgIpc) is 2.93. The molecule has 0 saturated carbocycles. The molecule has 1 aliphatic rings. The standard InChI is InChI=1S/C30H26ClN5O3S/c1-18-27(29(39)36-20-8-4-3-5-9-20)28(23-10-6-7-11-25(23)31)24(16-32)30(33-18)40-17-26(38)35-22-14-12-21(13-15-22)34-19(2)37/h3-15,28,33H,17H2,1-2H3,(H,34,37)(H,35,38)(H,36,39)/t28-/m0/s1. The number of amides is 3. The van der Waals surface area contributed by atoms with Crippen molar-refractivity contribution in [3.8, 4) is 6.07 Å². The lowest BCUT2D eigenvalue weighted by Crippen LogP contribution is -2.31. The molecule has 0 aromatic heterocycles. The van der Waals surface area contributed by atoms with Crippen molar-refractivity contribution in [1.82, 2.24) is 5.32 Å². The van der Waals surface area contributed by atoms with Gasteiger partial charge in [0.25, 0.3) is 5.91 Å². The quantitative estimate of drug-likeness (QED) is 0.263. The zero-order valence-corrected chi connectivity index (χ0v) is 23.3. The Labute approximate surface area is 241 Å². The zero-order chi connectivity index (χ0) is 28.6. The normalized spacial score (nSPS) is 14.6. The maximum Gasteiger partial charge on any atom is 0.254 e. The lowest BCUT2D eigenvalue weighted by molar-refractivity contribution is -0.114. The van der Waals surface area contributed by atoms with Gasteiger partial charge in [-0.1, -0.05) is 59.8 Å². The van der Waals surface area contributed by atoms with Crippen LogP contribution in [-0.2, 0) is 14.4 Å². The molecule has 1 aliphatic heterocycles. The highest BCUT2D eigenvalue weighted by Gasteiger charge is 2.36. The highest BCUT2D eigenvalue weighted by molar-refractivity contribution is 8.03. The van der Waals surface area contributed by atoms with E-state index in [1.165, 1.54) is 6.92 Å². The van der Waals surface area contributed by atoms with Crippen molar-refractivity contribution in [2.75, 3.05) is 21.7 Å². The lowest BCUT2D eigenvalue weighted by atomic mass is 9.82. The van der Waals surface area contributed by atoms with Gasteiger partial charge in [0, 0.05) is 40.3 Å². The maximum atomic E-state index is 13.5. The fourth-order valence-electron chi connectivity index (χ4n) is 4.24. The van der Waals surface area contributed by atoms with Crippen LogP contribution in [-0.4, -0.2) is 23.5 Å². The summed E-state index contributed by atoms with van der Waals surface area (Å²) in [5.74, 6) is -1.56. The van der Waals surface area contributed by atoms with Gasteiger partial charge in [0.15, 0.2) is 0 Å². The van der Waals surface area contributed by atoms with E-state index in [1.54, 1.807) is 67.6 Å². The number of dihydropyridines is 1. The number of nitrogens with one attached hydrogen (secondary N) is 4. The predicted octanol–water partition coefficient (Wildman–Crippen LogP) is 6.00. The first-order valence-corrected chi connectivity index (χ1v) is 13.7. The van der Waals surface area contributed by atoms with Crippen molar-refractivity contribution < 1.29 is 14.4 Å². The van der Waals surface area contributed by atoms with Crippen LogP contribution in [0.5, 0.6) is 0 Å². The smallest absolute Gasteiger partial charge is 0.254 e. The third kappa shape index (κ3) is 6.91. The molecule has 4 rings (SSSR count). The summed E-state index contributed by atoms with van der Waals surface area (Å²) >= 11 is 7.72. The summed E-state index contributed by atoms with van der Waals surface area (Å²) < 4.78 is 0. The topological polar surface area (TPSA) is 123 Å². The Morgan fingerprint density at radius 2 is 1.50 bits per heavy atom. The molecule has 0 radical (unpaired) electrons. The third-order valence-corrected chi connectivity index (χ3v) is 7.34. The maximum absolute atomic E-state index is 13.5. The van der Waals surface area contributed by atoms with E-state index in [2.05, 4.69) is 27.3 Å². The second-order valence-corrected chi connectivity index (χ2v) is 10.3. The fraction of sp³-hybridized carbons (Fsp3) is 0.133. The number of allylic oxidation sites excluding steroid dienone is 2. The van der Waals surface area contributed by atoms with Crippen molar-refractivity contribution in [1.29, 1.82) is 5.26 Å². The number of carbonyl (C=O) groups excluding carboxylic acids is 3. The van der Waals surface area contributed by atoms with E-state index in [0.29, 0.717) is 43.9 Å². The number of thioether (sulfide) groups is 1. The highest BCUT2D eigenvalue weighted by atomic mass is 35.5. The first-order valence-electron chi connectivity index (χ1n) is 12.3. The monoisotopic (exact) mass is 571 g/mol. The Bertz CT molecular complexity index is 1550. The molecule has 40 heavy (non-hydrogen) atoms. The summed E-state index contributed by atoms with van der Waals surface area (Å²) in [4.78, 5) is 37.5. The summed E-state index contributed by atoms with van der Waals surface area (Å²) in [5, 5.41) is 22.7. The molecule has 0 fully saturated rings. The Morgan fingerprint density at radius 1 is 0.900 bits per heavy atom. The SMILES string of the molecule is CC(=O)Nc1ccc(NC(=O)CSC2=C(C#N)[C@H](c3ccccc3Cl)C(C(=O)Nc3ccccc3)=C(C)N2)cc1. The number of rotatable bonds is 8. The Kier molecular flexibility index (Phi) is 9.27. The van der Waals surface area contributed by atoms with Crippen molar-refractivity contribution in [2.24, 2.45) is 0 Å². The van der Waals surface area contributed by atoms with Crippen LogP contribution < -0.4 is 21.3 Å². The van der Waals surface area contributed by atoms with Crippen LogP contribution in [0.3, 0.4) is 0 Å². The van der Waals surface area contributed by atoms with Gasteiger partial charge in [-0.3, -0.25) is 14.4 Å². The molecule has 4 N–H and O–H groups in total. The van der Waals surface area contributed by atoms with Crippen molar-refractivity contribution in [2.45, 2.75) is 19.8 Å². The minimum atomic E-state index is -0.740. The van der Waals surface area contributed by atoms with Crippen molar-refractivity contribution in [3.63, 3.8) is 0 Å². The van der Waals surface area contributed by atoms with E-state index in [4.69, 9.17) is 11.6 Å². The van der Waals surface area contributed by atoms with Gasteiger partial charge in [-0.2, -0.15) is 5.26 Å². The van der Waals surface area contributed by atoms with E-state index >= 15 is 0 Å². The molecule has 10 heteroatoms. The van der Waals surface area contributed by atoms with Crippen LogP contribution in [0.15, 0.2) is 101 Å². The number of nitrogens with zero attached hydrogens (tertiary/aromatic N) is 1. The van der Waals surface area contributed by atoms with Gasteiger partial charge in [0.05, 0.1) is 28.3 Å². The molecule has 3 aromatic rings. The number of hydrogen-bond acceptors (Lipinski definition) is 6. The molecule has 3 amide bonds. The second kappa shape index (κ2) is 13.0. The summed E-state index contributed by atoms with van der Waals surface area (Å²) in [7, 11) is 0. The molecule has 3 aromatic carbocycles.